The standard InChI is InChI=1S/C10H12ClFO3S/c1-10(2,6-13)16(14,15)7-3-4-9(12)8(11)5-7/h3-5,13H,6H2,1-2H3. The van der Waals surface area contributed by atoms with E-state index in [-0.39, 0.29) is 9.92 Å². The van der Waals surface area contributed by atoms with Crippen molar-refractivity contribution in [1.29, 1.82) is 0 Å². The zero-order chi connectivity index (χ0) is 12.6. The smallest absolute Gasteiger partial charge is 0.185 e. The van der Waals surface area contributed by atoms with Crippen LogP contribution in [0.1, 0.15) is 13.8 Å². The number of rotatable bonds is 3. The van der Waals surface area contributed by atoms with Crippen molar-refractivity contribution in [1.82, 2.24) is 0 Å². The molecule has 3 nitrogen and oxygen atoms in total. The van der Waals surface area contributed by atoms with Crippen LogP contribution in [0.5, 0.6) is 0 Å². The van der Waals surface area contributed by atoms with E-state index in [0.717, 1.165) is 18.2 Å². The second kappa shape index (κ2) is 4.31. The zero-order valence-corrected chi connectivity index (χ0v) is 10.4. The van der Waals surface area contributed by atoms with Crippen LogP contribution in [0.25, 0.3) is 0 Å². The van der Waals surface area contributed by atoms with E-state index in [1.54, 1.807) is 0 Å². The summed E-state index contributed by atoms with van der Waals surface area (Å²) < 4.78 is 35.6. The van der Waals surface area contributed by atoms with Crippen LogP contribution in [0.2, 0.25) is 5.02 Å². The Balaban J connectivity index is 3.34. The van der Waals surface area contributed by atoms with Gasteiger partial charge < -0.3 is 5.11 Å². The minimum Gasteiger partial charge on any atom is -0.395 e. The van der Waals surface area contributed by atoms with E-state index in [1.807, 2.05) is 0 Å². The Morgan fingerprint density at radius 3 is 2.44 bits per heavy atom. The summed E-state index contributed by atoms with van der Waals surface area (Å²) in [4.78, 5) is -0.0991. The van der Waals surface area contributed by atoms with E-state index in [2.05, 4.69) is 0 Å². The van der Waals surface area contributed by atoms with Crippen molar-refractivity contribution < 1.29 is 17.9 Å². The third-order valence-corrected chi connectivity index (χ3v) is 5.06. The van der Waals surface area contributed by atoms with Gasteiger partial charge in [0.05, 0.1) is 21.3 Å². The van der Waals surface area contributed by atoms with Gasteiger partial charge in [-0.3, -0.25) is 0 Å². The van der Waals surface area contributed by atoms with Crippen molar-refractivity contribution in [2.75, 3.05) is 6.61 Å². The van der Waals surface area contributed by atoms with E-state index in [9.17, 15) is 12.8 Å². The van der Waals surface area contributed by atoms with Gasteiger partial charge in [-0.05, 0) is 32.0 Å². The summed E-state index contributed by atoms with van der Waals surface area (Å²) in [6, 6.07) is 3.17. The molecule has 0 amide bonds. The number of hydrogen-bond acceptors (Lipinski definition) is 3. The van der Waals surface area contributed by atoms with Crippen molar-refractivity contribution >= 4 is 21.4 Å². The molecule has 0 atom stereocenters. The number of halogens is 2. The van der Waals surface area contributed by atoms with Gasteiger partial charge in [0.1, 0.15) is 5.82 Å². The van der Waals surface area contributed by atoms with Crippen LogP contribution in [-0.2, 0) is 9.84 Å². The van der Waals surface area contributed by atoms with Crippen molar-refractivity contribution in [2.24, 2.45) is 0 Å². The second-order valence-electron chi connectivity index (χ2n) is 4.00. The molecule has 1 aromatic rings. The minimum absolute atomic E-state index is 0.0991. The van der Waals surface area contributed by atoms with Crippen LogP contribution in [0, 0.1) is 5.82 Å². The summed E-state index contributed by atoms with van der Waals surface area (Å²) in [5, 5.41) is 8.77. The molecule has 0 bridgehead atoms. The lowest BCUT2D eigenvalue weighted by molar-refractivity contribution is 0.258. The lowest BCUT2D eigenvalue weighted by Gasteiger charge is -2.22. The molecular weight excluding hydrogens is 255 g/mol. The maximum Gasteiger partial charge on any atom is 0.185 e. The average molecular weight is 267 g/mol. The quantitative estimate of drug-likeness (QED) is 0.852. The Bertz CT molecular complexity index is 497. The van der Waals surface area contributed by atoms with E-state index < -0.39 is 27.0 Å². The molecule has 0 spiro atoms. The van der Waals surface area contributed by atoms with E-state index >= 15 is 0 Å². The summed E-state index contributed by atoms with van der Waals surface area (Å²) in [6.07, 6.45) is 0. The van der Waals surface area contributed by atoms with Crippen LogP contribution in [0.15, 0.2) is 23.1 Å². The fraction of sp³-hybridized carbons (Fsp3) is 0.400. The normalized spacial score (nSPS) is 12.8. The molecule has 90 valence electrons. The van der Waals surface area contributed by atoms with Gasteiger partial charge in [0.15, 0.2) is 9.84 Å². The molecule has 16 heavy (non-hydrogen) atoms. The first-order chi connectivity index (χ1) is 7.22. The number of sulfone groups is 1. The van der Waals surface area contributed by atoms with Gasteiger partial charge in [0.25, 0.3) is 0 Å². The van der Waals surface area contributed by atoms with Gasteiger partial charge >= 0.3 is 0 Å². The minimum atomic E-state index is -3.73. The van der Waals surface area contributed by atoms with Crippen molar-refractivity contribution in [3.8, 4) is 0 Å². The molecule has 0 aliphatic carbocycles. The molecule has 0 unspecified atom stereocenters. The van der Waals surface area contributed by atoms with E-state index in [4.69, 9.17) is 16.7 Å². The van der Waals surface area contributed by atoms with Gasteiger partial charge in [-0.15, -0.1) is 0 Å². The van der Waals surface area contributed by atoms with Crippen LogP contribution in [0.3, 0.4) is 0 Å². The molecule has 0 saturated carbocycles. The van der Waals surface area contributed by atoms with Crippen LogP contribution < -0.4 is 0 Å². The molecule has 0 aliphatic heterocycles. The van der Waals surface area contributed by atoms with Gasteiger partial charge in [-0.1, -0.05) is 11.6 Å². The second-order valence-corrected chi connectivity index (χ2v) is 6.99. The van der Waals surface area contributed by atoms with Crippen LogP contribution >= 0.6 is 11.6 Å². The van der Waals surface area contributed by atoms with Crippen molar-refractivity contribution in [3.05, 3.63) is 29.0 Å². The molecule has 1 rings (SSSR count). The Hall–Kier alpha value is -0.650. The highest BCUT2D eigenvalue weighted by Crippen LogP contribution is 2.27. The molecular formula is C10H12ClFO3S. The third kappa shape index (κ3) is 2.21. The average Bonchev–Trinajstić information content (AvgIpc) is 2.21. The third-order valence-electron chi connectivity index (χ3n) is 2.31. The highest BCUT2D eigenvalue weighted by Gasteiger charge is 2.35. The lowest BCUT2D eigenvalue weighted by Crippen LogP contribution is -2.35. The molecule has 0 fully saturated rings. The van der Waals surface area contributed by atoms with Gasteiger partial charge in [0.2, 0.25) is 0 Å². The number of benzene rings is 1. The predicted octanol–water partition coefficient (Wildman–Crippen LogP) is 2.02. The molecule has 1 aromatic carbocycles. The summed E-state index contributed by atoms with van der Waals surface area (Å²) in [5.74, 6) is -0.678. The fourth-order valence-corrected chi connectivity index (χ4v) is 2.62. The maximum absolute atomic E-state index is 12.9. The van der Waals surface area contributed by atoms with Crippen LogP contribution in [0.4, 0.5) is 4.39 Å². The van der Waals surface area contributed by atoms with Gasteiger partial charge in [-0.25, -0.2) is 12.8 Å². The largest absolute Gasteiger partial charge is 0.395 e. The first-order valence-corrected chi connectivity index (χ1v) is 6.39. The number of aliphatic hydroxyl groups excluding tert-OH is 1. The molecule has 6 heteroatoms. The lowest BCUT2D eigenvalue weighted by atomic mass is 10.2. The molecule has 1 N–H and O–H groups in total. The molecule has 0 heterocycles. The topological polar surface area (TPSA) is 54.4 Å². The van der Waals surface area contributed by atoms with Gasteiger partial charge in [0, 0.05) is 0 Å². The maximum atomic E-state index is 12.9. The Kier molecular flexibility index (Phi) is 3.62. The zero-order valence-electron chi connectivity index (χ0n) is 8.87. The van der Waals surface area contributed by atoms with Gasteiger partial charge in [-0.2, -0.15) is 0 Å². The van der Waals surface area contributed by atoms with E-state index in [1.165, 1.54) is 13.8 Å². The Morgan fingerprint density at radius 1 is 1.44 bits per heavy atom. The number of aliphatic hydroxyl groups is 1. The molecule has 0 saturated heterocycles. The summed E-state index contributed by atoms with van der Waals surface area (Å²) in [5.41, 5.74) is 0. The predicted molar refractivity (Wildman–Crippen MR) is 59.8 cm³/mol. The van der Waals surface area contributed by atoms with Crippen LogP contribution in [-0.4, -0.2) is 24.9 Å². The highest BCUT2D eigenvalue weighted by atomic mass is 35.5. The first-order valence-electron chi connectivity index (χ1n) is 4.53. The molecule has 0 aliphatic rings. The monoisotopic (exact) mass is 266 g/mol. The van der Waals surface area contributed by atoms with E-state index in [0.29, 0.717) is 0 Å². The molecule has 0 aromatic heterocycles. The molecule has 0 radical (unpaired) electrons. The summed E-state index contributed by atoms with van der Waals surface area (Å²) in [6.45, 7) is 2.25. The fourth-order valence-electron chi connectivity index (χ4n) is 1.05. The van der Waals surface area contributed by atoms with Crippen molar-refractivity contribution in [3.63, 3.8) is 0 Å². The summed E-state index contributed by atoms with van der Waals surface area (Å²) in [7, 11) is -3.73. The van der Waals surface area contributed by atoms with Crippen molar-refractivity contribution in [2.45, 2.75) is 23.5 Å². The summed E-state index contributed by atoms with van der Waals surface area (Å²) >= 11 is 5.51. The Labute approximate surface area is 98.8 Å². The Morgan fingerprint density at radius 2 is 2.00 bits per heavy atom. The first kappa shape index (κ1) is 13.4. The highest BCUT2D eigenvalue weighted by molar-refractivity contribution is 7.92. The number of hydrogen-bond donors (Lipinski definition) is 1. The SMILES string of the molecule is CC(C)(CO)S(=O)(=O)c1ccc(F)c(Cl)c1.